The van der Waals surface area contributed by atoms with Crippen LogP contribution in [0, 0.1) is 5.82 Å². The number of amides is 1. The standard InChI is InChI=1S/C22H22FN3O3/c1-28-20-8-7-18(12-21(20)29-2)26-22(27)16-11-19(14-24-13-16)25-10-9-15-3-5-17(23)6-4-15/h3-8,11-14,25H,9-10H2,1-2H3,(H,26,27). The van der Waals surface area contributed by atoms with Crippen molar-refractivity contribution in [1.29, 1.82) is 0 Å². The van der Waals surface area contributed by atoms with Gasteiger partial charge in [-0.05, 0) is 42.3 Å². The lowest BCUT2D eigenvalue weighted by Gasteiger charge is -2.11. The van der Waals surface area contributed by atoms with Gasteiger partial charge in [0.2, 0.25) is 0 Å². The Kier molecular flexibility index (Phi) is 6.63. The molecule has 29 heavy (non-hydrogen) atoms. The van der Waals surface area contributed by atoms with Gasteiger partial charge in [0.1, 0.15) is 5.82 Å². The van der Waals surface area contributed by atoms with Crippen molar-refractivity contribution in [3.63, 3.8) is 0 Å². The molecule has 3 aromatic rings. The van der Waals surface area contributed by atoms with Crippen molar-refractivity contribution < 1.29 is 18.7 Å². The molecular formula is C22H22FN3O3. The Morgan fingerprint density at radius 2 is 1.72 bits per heavy atom. The number of nitrogens with zero attached hydrogens (tertiary/aromatic N) is 1. The van der Waals surface area contributed by atoms with Gasteiger partial charge in [-0.3, -0.25) is 9.78 Å². The summed E-state index contributed by atoms with van der Waals surface area (Å²) in [5, 5.41) is 6.05. The molecule has 0 unspecified atom stereocenters. The van der Waals surface area contributed by atoms with Crippen LogP contribution in [0.15, 0.2) is 60.9 Å². The maximum atomic E-state index is 13.0. The number of rotatable bonds is 8. The Morgan fingerprint density at radius 3 is 2.45 bits per heavy atom. The van der Waals surface area contributed by atoms with E-state index in [2.05, 4.69) is 15.6 Å². The molecule has 1 aromatic heterocycles. The first-order valence-electron chi connectivity index (χ1n) is 9.06. The molecule has 0 fully saturated rings. The Balaban J connectivity index is 1.61. The van der Waals surface area contributed by atoms with Gasteiger partial charge in [-0.15, -0.1) is 0 Å². The van der Waals surface area contributed by atoms with Crippen molar-refractivity contribution in [3.05, 3.63) is 77.9 Å². The van der Waals surface area contributed by atoms with E-state index in [-0.39, 0.29) is 11.7 Å². The molecule has 1 amide bonds. The fourth-order valence-corrected chi connectivity index (χ4v) is 2.78. The molecule has 7 heteroatoms. The molecule has 150 valence electrons. The SMILES string of the molecule is COc1ccc(NC(=O)c2cncc(NCCc3ccc(F)cc3)c2)cc1OC. The van der Waals surface area contributed by atoms with Crippen LogP contribution in [0.2, 0.25) is 0 Å². The van der Waals surface area contributed by atoms with E-state index in [9.17, 15) is 9.18 Å². The van der Waals surface area contributed by atoms with Crippen LogP contribution in [0.25, 0.3) is 0 Å². The van der Waals surface area contributed by atoms with E-state index >= 15 is 0 Å². The van der Waals surface area contributed by atoms with Gasteiger partial charge in [-0.2, -0.15) is 0 Å². The lowest BCUT2D eigenvalue weighted by Crippen LogP contribution is -2.13. The minimum absolute atomic E-state index is 0.251. The molecule has 3 rings (SSSR count). The van der Waals surface area contributed by atoms with E-state index in [1.807, 2.05) is 0 Å². The fraction of sp³-hybridized carbons (Fsp3) is 0.182. The second-order valence-corrected chi connectivity index (χ2v) is 6.29. The summed E-state index contributed by atoms with van der Waals surface area (Å²) in [7, 11) is 3.09. The normalized spacial score (nSPS) is 10.3. The van der Waals surface area contributed by atoms with Gasteiger partial charge in [0, 0.05) is 30.7 Å². The van der Waals surface area contributed by atoms with E-state index in [4.69, 9.17) is 9.47 Å². The lowest BCUT2D eigenvalue weighted by atomic mass is 10.1. The van der Waals surface area contributed by atoms with Gasteiger partial charge in [-0.1, -0.05) is 12.1 Å². The molecule has 0 radical (unpaired) electrons. The molecule has 0 saturated heterocycles. The van der Waals surface area contributed by atoms with Gasteiger partial charge < -0.3 is 20.1 Å². The topological polar surface area (TPSA) is 72.5 Å². The second kappa shape index (κ2) is 9.54. The highest BCUT2D eigenvalue weighted by atomic mass is 19.1. The number of carbonyl (C=O) groups excluding carboxylic acids is 1. The maximum absolute atomic E-state index is 13.0. The third kappa shape index (κ3) is 5.44. The summed E-state index contributed by atoms with van der Waals surface area (Å²) in [5.41, 5.74) is 2.76. The van der Waals surface area contributed by atoms with Crippen LogP contribution in [0.3, 0.4) is 0 Å². The van der Waals surface area contributed by atoms with Crippen molar-refractivity contribution in [2.75, 3.05) is 31.4 Å². The van der Waals surface area contributed by atoms with E-state index < -0.39 is 0 Å². The monoisotopic (exact) mass is 395 g/mol. The summed E-state index contributed by atoms with van der Waals surface area (Å²) in [6.45, 7) is 0.633. The number of halogens is 1. The number of carbonyl (C=O) groups is 1. The first kappa shape index (κ1) is 20.1. The molecule has 1 heterocycles. The van der Waals surface area contributed by atoms with Gasteiger partial charge in [-0.25, -0.2) is 4.39 Å². The number of benzene rings is 2. The summed E-state index contributed by atoms with van der Waals surface area (Å²) < 4.78 is 23.4. The predicted molar refractivity (Wildman–Crippen MR) is 110 cm³/mol. The summed E-state index contributed by atoms with van der Waals surface area (Å²) >= 11 is 0. The minimum Gasteiger partial charge on any atom is -0.493 e. The Bertz CT molecular complexity index is 977. The minimum atomic E-state index is -0.285. The van der Waals surface area contributed by atoms with Gasteiger partial charge in [0.05, 0.1) is 25.5 Å². The van der Waals surface area contributed by atoms with Crippen LogP contribution in [0.5, 0.6) is 11.5 Å². The second-order valence-electron chi connectivity index (χ2n) is 6.29. The van der Waals surface area contributed by atoms with Gasteiger partial charge in [0.25, 0.3) is 5.91 Å². The van der Waals surface area contributed by atoms with Crippen molar-refractivity contribution >= 4 is 17.3 Å². The fourth-order valence-electron chi connectivity index (χ4n) is 2.78. The smallest absolute Gasteiger partial charge is 0.257 e. The largest absolute Gasteiger partial charge is 0.493 e. The lowest BCUT2D eigenvalue weighted by molar-refractivity contribution is 0.102. The number of ether oxygens (including phenoxy) is 2. The van der Waals surface area contributed by atoms with Crippen LogP contribution >= 0.6 is 0 Å². The third-order valence-corrected chi connectivity index (χ3v) is 4.30. The predicted octanol–water partition coefficient (Wildman–Crippen LogP) is 4.14. The first-order valence-corrected chi connectivity index (χ1v) is 9.06. The van der Waals surface area contributed by atoms with Crippen LogP contribution in [0.1, 0.15) is 15.9 Å². The number of hydrogen-bond donors (Lipinski definition) is 2. The summed E-state index contributed by atoms with van der Waals surface area (Å²) in [5.74, 6) is 0.574. The van der Waals surface area contributed by atoms with Crippen LogP contribution < -0.4 is 20.1 Å². The maximum Gasteiger partial charge on any atom is 0.257 e. The average molecular weight is 395 g/mol. The van der Waals surface area contributed by atoms with Gasteiger partial charge >= 0.3 is 0 Å². The van der Waals surface area contributed by atoms with Crippen molar-refractivity contribution in [2.45, 2.75) is 6.42 Å². The Hall–Kier alpha value is -3.61. The molecule has 2 aromatic carbocycles. The molecule has 6 nitrogen and oxygen atoms in total. The zero-order valence-electron chi connectivity index (χ0n) is 16.2. The number of hydrogen-bond acceptors (Lipinski definition) is 5. The molecule has 0 aliphatic rings. The molecule has 2 N–H and O–H groups in total. The van der Waals surface area contributed by atoms with Gasteiger partial charge in [0.15, 0.2) is 11.5 Å². The quantitative estimate of drug-likeness (QED) is 0.600. The summed E-state index contributed by atoms with van der Waals surface area (Å²) in [6, 6.07) is 13.3. The summed E-state index contributed by atoms with van der Waals surface area (Å²) in [6.07, 6.45) is 3.88. The highest BCUT2D eigenvalue weighted by molar-refractivity contribution is 6.04. The number of anilines is 2. The molecule has 0 spiro atoms. The van der Waals surface area contributed by atoms with Crippen LogP contribution in [-0.2, 0) is 6.42 Å². The highest BCUT2D eigenvalue weighted by Crippen LogP contribution is 2.29. The van der Waals surface area contributed by atoms with E-state index in [1.165, 1.54) is 25.4 Å². The number of nitrogens with one attached hydrogen (secondary N) is 2. The zero-order chi connectivity index (χ0) is 20.6. The molecule has 0 aliphatic carbocycles. The zero-order valence-corrected chi connectivity index (χ0v) is 16.2. The van der Waals surface area contributed by atoms with Crippen molar-refractivity contribution in [3.8, 4) is 11.5 Å². The van der Waals surface area contributed by atoms with Crippen molar-refractivity contribution in [1.82, 2.24) is 4.98 Å². The first-order chi connectivity index (χ1) is 14.1. The molecule has 0 saturated carbocycles. The third-order valence-electron chi connectivity index (χ3n) is 4.30. The molecular weight excluding hydrogens is 373 g/mol. The van der Waals surface area contributed by atoms with Crippen LogP contribution in [-0.4, -0.2) is 31.7 Å². The molecule has 0 aliphatic heterocycles. The van der Waals surface area contributed by atoms with E-state index in [0.29, 0.717) is 29.3 Å². The molecule has 0 bridgehead atoms. The number of methoxy groups -OCH3 is 2. The van der Waals surface area contributed by atoms with Crippen molar-refractivity contribution in [2.24, 2.45) is 0 Å². The highest BCUT2D eigenvalue weighted by Gasteiger charge is 2.10. The Labute approximate surface area is 168 Å². The summed E-state index contributed by atoms with van der Waals surface area (Å²) in [4.78, 5) is 16.7. The van der Waals surface area contributed by atoms with E-state index in [1.54, 1.807) is 49.7 Å². The number of aromatic nitrogens is 1. The van der Waals surface area contributed by atoms with E-state index in [0.717, 1.165) is 17.7 Å². The average Bonchev–Trinajstić information content (AvgIpc) is 2.75. The molecule has 0 atom stereocenters. The van der Waals surface area contributed by atoms with Crippen LogP contribution in [0.4, 0.5) is 15.8 Å². The number of pyridine rings is 1. The Morgan fingerprint density at radius 1 is 0.966 bits per heavy atom.